The third kappa shape index (κ3) is 4.98. The number of carbonyl (C=O) groups is 1. The molecule has 0 bridgehead atoms. The van der Waals surface area contributed by atoms with Crippen molar-refractivity contribution in [2.24, 2.45) is 0 Å². The van der Waals surface area contributed by atoms with Crippen molar-refractivity contribution in [3.05, 3.63) is 35.4 Å². The smallest absolute Gasteiger partial charge is 0.231 e. The normalized spacial score (nSPS) is 13.9. The van der Waals surface area contributed by atoms with Crippen LogP contribution in [-0.2, 0) is 15.8 Å². The van der Waals surface area contributed by atoms with Gasteiger partial charge < -0.3 is 5.11 Å². The van der Waals surface area contributed by atoms with E-state index >= 15 is 0 Å². The largest absolute Gasteiger partial charge is 0.387 e. The summed E-state index contributed by atoms with van der Waals surface area (Å²) in [6.07, 6.45) is 0.239. The maximum atomic E-state index is 11.6. The molecule has 0 heterocycles. The van der Waals surface area contributed by atoms with Crippen LogP contribution in [-0.4, -0.2) is 21.0 Å². The number of hydrogen-bond donors (Lipinski definition) is 2. The number of amides is 1. The van der Waals surface area contributed by atoms with Crippen molar-refractivity contribution in [1.29, 1.82) is 0 Å². The van der Waals surface area contributed by atoms with E-state index in [4.69, 9.17) is 0 Å². The predicted molar refractivity (Wildman–Crippen MR) is 72.2 cm³/mol. The highest BCUT2D eigenvalue weighted by Crippen LogP contribution is 2.14. The molecule has 0 fully saturated rings. The fourth-order valence-electron chi connectivity index (χ4n) is 1.56. The summed E-state index contributed by atoms with van der Waals surface area (Å²) in [5.74, 6) is -0.230. The Bertz CT molecular complexity index is 434. The van der Waals surface area contributed by atoms with Gasteiger partial charge in [-0.2, -0.15) is 0 Å². The molecule has 0 aliphatic heterocycles. The molecule has 0 aromatic heterocycles. The number of aliphatic hydroxyl groups is 1. The average Bonchev–Trinajstić information content (AvgIpc) is 2.28. The van der Waals surface area contributed by atoms with Gasteiger partial charge in [-0.25, -0.2) is 4.21 Å². The zero-order valence-electron chi connectivity index (χ0n) is 10.7. The molecule has 0 saturated carbocycles. The van der Waals surface area contributed by atoms with Crippen LogP contribution in [0.1, 0.15) is 37.0 Å². The minimum absolute atomic E-state index is 0.0128. The summed E-state index contributed by atoms with van der Waals surface area (Å²) in [5.41, 5.74) is 1.75. The Morgan fingerprint density at radius 1 is 1.50 bits per heavy atom. The predicted octanol–water partition coefficient (Wildman–Crippen LogP) is 1.61. The molecule has 1 rings (SSSR count). The van der Waals surface area contributed by atoms with Crippen molar-refractivity contribution in [3.63, 3.8) is 0 Å². The highest BCUT2D eigenvalue weighted by Gasteiger charge is 2.13. The van der Waals surface area contributed by atoms with Gasteiger partial charge in [0.15, 0.2) is 0 Å². The van der Waals surface area contributed by atoms with Crippen LogP contribution in [0.25, 0.3) is 0 Å². The monoisotopic (exact) mass is 269 g/mol. The lowest BCUT2D eigenvalue weighted by atomic mass is 10.1. The second-order valence-electron chi connectivity index (χ2n) is 4.22. The van der Waals surface area contributed by atoms with E-state index in [2.05, 4.69) is 4.72 Å². The summed E-state index contributed by atoms with van der Waals surface area (Å²) >= 11 is 0. The van der Waals surface area contributed by atoms with E-state index in [1.807, 2.05) is 32.0 Å². The number of hydrogen-bond acceptors (Lipinski definition) is 3. The highest BCUT2D eigenvalue weighted by atomic mass is 32.2. The summed E-state index contributed by atoms with van der Waals surface area (Å²) in [4.78, 5) is 11.2. The lowest BCUT2D eigenvalue weighted by Crippen LogP contribution is -2.29. The SMILES string of the molecule is CCCC(=O)NS(=O)CC(O)c1cccc(C)c1. The summed E-state index contributed by atoms with van der Waals surface area (Å²) < 4.78 is 14.0. The molecular weight excluding hydrogens is 250 g/mol. The Kier molecular flexibility index (Phi) is 6.01. The van der Waals surface area contributed by atoms with Crippen LogP contribution in [0.3, 0.4) is 0 Å². The van der Waals surface area contributed by atoms with E-state index in [9.17, 15) is 14.1 Å². The molecule has 2 N–H and O–H groups in total. The number of nitrogens with one attached hydrogen (secondary N) is 1. The van der Waals surface area contributed by atoms with Gasteiger partial charge in [-0.1, -0.05) is 36.8 Å². The molecule has 2 unspecified atom stereocenters. The number of benzene rings is 1. The van der Waals surface area contributed by atoms with E-state index in [0.29, 0.717) is 18.4 Å². The maximum absolute atomic E-state index is 11.6. The molecule has 1 aromatic carbocycles. The van der Waals surface area contributed by atoms with Crippen molar-refractivity contribution in [3.8, 4) is 0 Å². The third-order valence-electron chi connectivity index (χ3n) is 2.44. The van der Waals surface area contributed by atoms with Crippen LogP contribution >= 0.6 is 0 Å². The first kappa shape index (κ1) is 14.9. The molecule has 4 nitrogen and oxygen atoms in total. The number of aliphatic hydroxyl groups excluding tert-OH is 1. The first-order valence-electron chi connectivity index (χ1n) is 5.95. The molecule has 0 aliphatic carbocycles. The molecular formula is C13H19NO3S. The van der Waals surface area contributed by atoms with Crippen molar-refractivity contribution in [1.82, 2.24) is 4.72 Å². The molecule has 0 aliphatic rings. The van der Waals surface area contributed by atoms with Gasteiger partial charge in [0, 0.05) is 6.42 Å². The lowest BCUT2D eigenvalue weighted by Gasteiger charge is -2.11. The zero-order chi connectivity index (χ0) is 13.5. The topological polar surface area (TPSA) is 66.4 Å². The highest BCUT2D eigenvalue weighted by molar-refractivity contribution is 7.83. The first-order chi connectivity index (χ1) is 8.52. The zero-order valence-corrected chi connectivity index (χ0v) is 11.5. The van der Waals surface area contributed by atoms with E-state index < -0.39 is 17.1 Å². The second kappa shape index (κ2) is 7.28. The second-order valence-corrected chi connectivity index (χ2v) is 5.45. The number of aryl methyl sites for hydroxylation is 1. The molecule has 2 atom stereocenters. The molecule has 18 heavy (non-hydrogen) atoms. The van der Waals surface area contributed by atoms with E-state index in [-0.39, 0.29) is 11.7 Å². The van der Waals surface area contributed by atoms with Gasteiger partial charge in [0.05, 0.1) is 11.9 Å². The van der Waals surface area contributed by atoms with Gasteiger partial charge in [-0.15, -0.1) is 0 Å². The van der Waals surface area contributed by atoms with E-state index in [1.54, 1.807) is 6.07 Å². The van der Waals surface area contributed by atoms with Gasteiger partial charge in [0.25, 0.3) is 0 Å². The Morgan fingerprint density at radius 3 is 2.83 bits per heavy atom. The van der Waals surface area contributed by atoms with Crippen LogP contribution in [0.4, 0.5) is 0 Å². The maximum Gasteiger partial charge on any atom is 0.231 e. The minimum atomic E-state index is -1.54. The van der Waals surface area contributed by atoms with Crippen molar-refractivity contribution < 1.29 is 14.1 Å². The van der Waals surface area contributed by atoms with Crippen LogP contribution in [0.2, 0.25) is 0 Å². The van der Waals surface area contributed by atoms with E-state index in [0.717, 1.165) is 5.56 Å². The fourth-order valence-corrected chi connectivity index (χ4v) is 2.48. The Labute approximate surface area is 110 Å². The van der Waals surface area contributed by atoms with Gasteiger partial charge in [0.1, 0.15) is 11.0 Å². The van der Waals surface area contributed by atoms with Crippen LogP contribution < -0.4 is 4.72 Å². The first-order valence-corrected chi connectivity index (χ1v) is 7.27. The number of carbonyl (C=O) groups excluding carboxylic acids is 1. The molecule has 0 radical (unpaired) electrons. The summed E-state index contributed by atoms with van der Waals surface area (Å²) in [5, 5.41) is 9.91. The van der Waals surface area contributed by atoms with Crippen molar-refractivity contribution in [2.75, 3.05) is 5.75 Å². The molecule has 5 heteroatoms. The van der Waals surface area contributed by atoms with Crippen LogP contribution in [0.15, 0.2) is 24.3 Å². The molecule has 0 spiro atoms. The fraction of sp³-hybridized carbons (Fsp3) is 0.462. The lowest BCUT2D eigenvalue weighted by molar-refractivity contribution is -0.119. The minimum Gasteiger partial charge on any atom is -0.387 e. The molecule has 100 valence electrons. The standard InChI is InChI=1S/C13H19NO3S/c1-3-5-13(16)14-18(17)9-12(15)11-7-4-6-10(2)8-11/h4,6-8,12,15H,3,5,9H2,1-2H3,(H,14,16). The average molecular weight is 269 g/mol. The summed E-state index contributed by atoms with van der Waals surface area (Å²) in [6.45, 7) is 3.81. The molecule has 0 saturated heterocycles. The quantitative estimate of drug-likeness (QED) is 0.824. The Morgan fingerprint density at radius 2 is 2.22 bits per heavy atom. The van der Waals surface area contributed by atoms with Gasteiger partial charge in [-0.3, -0.25) is 9.52 Å². The molecule has 1 amide bonds. The summed E-state index contributed by atoms with van der Waals surface area (Å²) in [6, 6.07) is 7.39. The van der Waals surface area contributed by atoms with Crippen molar-refractivity contribution in [2.45, 2.75) is 32.8 Å². The third-order valence-corrected chi connectivity index (χ3v) is 3.51. The van der Waals surface area contributed by atoms with Gasteiger partial charge in [0.2, 0.25) is 5.91 Å². The van der Waals surface area contributed by atoms with Gasteiger partial charge >= 0.3 is 0 Å². The molecule has 1 aromatic rings. The number of rotatable bonds is 6. The Balaban J connectivity index is 2.52. The van der Waals surface area contributed by atoms with Crippen molar-refractivity contribution >= 4 is 16.9 Å². The van der Waals surface area contributed by atoms with Crippen LogP contribution in [0, 0.1) is 6.92 Å². The van der Waals surface area contributed by atoms with Crippen LogP contribution in [0.5, 0.6) is 0 Å². The summed E-state index contributed by atoms with van der Waals surface area (Å²) in [7, 11) is -1.54. The van der Waals surface area contributed by atoms with E-state index in [1.165, 1.54) is 0 Å². The Hall–Kier alpha value is -1.20. The van der Waals surface area contributed by atoms with Gasteiger partial charge in [-0.05, 0) is 18.9 Å².